The molecule has 0 saturated carbocycles. The highest BCUT2D eigenvalue weighted by Gasteiger charge is 2.02. The van der Waals surface area contributed by atoms with Crippen LogP contribution in [-0.4, -0.2) is 31.4 Å². The van der Waals surface area contributed by atoms with Crippen molar-refractivity contribution < 1.29 is 14.3 Å². The first-order chi connectivity index (χ1) is 6.33. The van der Waals surface area contributed by atoms with Gasteiger partial charge in [0.25, 0.3) is 0 Å². The van der Waals surface area contributed by atoms with E-state index in [1.54, 1.807) is 13.3 Å². The smallest absolute Gasteiger partial charge is 0.129 e. The minimum Gasteiger partial charge on any atom is -0.467 e. The topological polar surface area (TPSA) is 54.6 Å². The lowest BCUT2D eigenvalue weighted by Gasteiger charge is -2.09. The molecule has 1 aromatic rings. The molecule has 1 heterocycles. The zero-order valence-electron chi connectivity index (χ0n) is 7.69. The second kappa shape index (κ2) is 5.75. The van der Waals surface area contributed by atoms with Gasteiger partial charge in [-0.3, -0.25) is 0 Å². The van der Waals surface area contributed by atoms with Crippen LogP contribution in [0.4, 0.5) is 0 Å². The maximum Gasteiger partial charge on any atom is 0.129 e. The Kier molecular flexibility index (Phi) is 4.53. The Balaban J connectivity index is 2.07. The highest BCUT2D eigenvalue weighted by molar-refractivity contribution is 4.95. The summed E-state index contributed by atoms with van der Waals surface area (Å²) in [5, 5.41) is 12.1. The number of furan rings is 1. The Morgan fingerprint density at radius 1 is 1.69 bits per heavy atom. The highest BCUT2D eigenvalue weighted by atomic mass is 16.5. The normalized spacial score (nSPS) is 13.1. The highest BCUT2D eigenvalue weighted by Crippen LogP contribution is 2.01. The second-order valence-corrected chi connectivity index (χ2v) is 2.81. The number of nitrogens with one attached hydrogen (secondary N) is 1. The fourth-order valence-corrected chi connectivity index (χ4v) is 0.985. The maximum atomic E-state index is 9.26. The lowest BCUT2D eigenvalue weighted by molar-refractivity contribution is 0.0235. The third-order valence-electron chi connectivity index (χ3n) is 1.57. The number of ether oxygens (including phenoxy) is 1. The molecule has 0 bridgehead atoms. The van der Waals surface area contributed by atoms with Crippen LogP contribution in [0.1, 0.15) is 5.76 Å². The molecule has 0 amide bonds. The van der Waals surface area contributed by atoms with E-state index in [0.29, 0.717) is 19.8 Å². The van der Waals surface area contributed by atoms with Crippen LogP contribution in [0.3, 0.4) is 0 Å². The molecule has 0 aliphatic carbocycles. The molecule has 4 heteroatoms. The van der Waals surface area contributed by atoms with Gasteiger partial charge in [0.1, 0.15) is 12.4 Å². The molecule has 13 heavy (non-hydrogen) atoms. The summed E-state index contributed by atoms with van der Waals surface area (Å²) < 4.78 is 10.3. The van der Waals surface area contributed by atoms with Crippen LogP contribution in [-0.2, 0) is 11.3 Å². The van der Waals surface area contributed by atoms with Crippen LogP contribution in [0, 0.1) is 0 Å². The van der Waals surface area contributed by atoms with Crippen LogP contribution < -0.4 is 5.32 Å². The zero-order valence-corrected chi connectivity index (χ0v) is 7.69. The summed E-state index contributed by atoms with van der Waals surface area (Å²) in [6.45, 7) is 1.27. The average molecular weight is 185 g/mol. The minimum atomic E-state index is -0.458. The summed E-state index contributed by atoms with van der Waals surface area (Å²) in [7, 11) is 1.79. The third-order valence-corrected chi connectivity index (χ3v) is 1.57. The van der Waals surface area contributed by atoms with Gasteiger partial charge in [-0.1, -0.05) is 0 Å². The molecule has 0 fully saturated rings. The molecule has 0 unspecified atom stereocenters. The first-order valence-corrected chi connectivity index (χ1v) is 4.25. The molecule has 74 valence electrons. The molecule has 2 N–H and O–H groups in total. The van der Waals surface area contributed by atoms with Gasteiger partial charge in [-0.15, -0.1) is 0 Å². The van der Waals surface area contributed by atoms with Crippen molar-refractivity contribution in [2.24, 2.45) is 0 Å². The van der Waals surface area contributed by atoms with Crippen molar-refractivity contribution in [3.8, 4) is 0 Å². The number of hydrogen-bond acceptors (Lipinski definition) is 4. The predicted octanol–water partition coefficient (Wildman–Crippen LogP) is 0.376. The van der Waals surface area contributed by atoms with Crippen LogP contribution >= 0.6 is 0 Å². The van der Waals surface area contributed by atoms with Gasteiger partial charge in [-0.25, -0.2) is 0 Å². The minimum absolute atomic E-state index is 0.321. The molecule has 4 nitrogen and oxygen atoms in total. The third kappa shape index (κ3) is 4.07. The van der Waals surface area contributed by atoms with E-state index in [1.165, 1.54) is 0 Å². The summed E-state index contributed by atoms with van der Waals surface area (Å²) in [4.78, 5) is 0. The van der Waals surface area contributed by atoms with E-state index in [9.17, 15) is 5.11 Å². The summed E-state index contributed by atoms with van der Waals surface area (Å²) in [6.07, 6.45) is 1.14. The summed E-state index contributed by atoms with van der Waals surface area (Å²) in [6, 6.07) is 3.65. The van der Waals surface area contributed by atoms with Crippen molar-refractivity contribution in [2.45, 2.75) is 12.7 Å². The van der Waals surface area contributed by atoms with Gasteiger partial charge in [0.15, 0.2) is 0 Å². The van der Waals surface area contributed by atoms with Crippen molar-refractivity contribution in [1.82, 2.24) is 5.32 Å². The van der Waals surface area contributed by atoms with Crippen molar-refractivity contribution >= 4 is 0 Å². The second-order valence-electron chi connectivity index (χ2n) is 2.81. The first-order valence-electron chi connectivity index (χ1n) is 4.25. The molecular formula is C9H15NO3. The Hall–Kier alpha value is -0.840. The van der Waals surface area contributed by atoms with Gasteiger partial charge >= 0.3 is 0 Å². The summed E-state index contributed by atoms with van der Waals surface area (Å²) in [5.41, 5.74) is 0. The van der Waals surface area contributed by atoms with Crippen molar-refractivity contribution in [1.29, 1.82) is 0 Å². The Morgan fingerprint density at radius 3 is 3.15 bits per heavy atom. The monoisotopic (exact) mass is 185 g/mol. The van der Waals surface area contributed by atoms with Gasteiger partial charge in [0, 0.05) is 6.54 Å². The number of aliphatic hydroxyl groups excluding tert-OH is 1. The molecule has 0 saturated heterocycles. The molecule has 0 spiro atoms. The van der Waals surface area contributed by atoms with Crippen LogP contribution in [0.5, 0.6) is 0 Å². The Morgan fingerprint density at radius 2 is 2.54 bits per heavy atom. The van der Waals surface area contributed by atoms with Crippen LogP contribution in [0.15, 0.2) is 22.8 Å². The maximum absolute atomic E-state index is 9.26. The Bertz CT molecular complexity index is 211. The van der Waals surface area contributed by atoms with Gasteiger partial charge < -0.3 is 19.6 Å². The number of aliphatic hydroxyl groups is 1. The molecule has 1 aromatic heterocycles. The number of likely N-dealkylation sites (N-methyl/N-ethyl adjacent to an activating group) is 1. The van der Waals surface area contributed by atoms with Gasteiger partial charge in [-0.05, 0) is 19.2 Å². The SMILES string of the molecule is CNC[C@@H](O)COCc1ccco1. The van der Waals surface area contributed by atoms with E-state index in [0.717, 1.165) is 5.76 Å². The predicted molar refractivity (Wildman–Crippen MR) is 48.3 cm³/mol. The van der Waals surface area contributed by atoms with Crippen molar-refractivity contribution in [3.05, 3.63) is 24.2 Å². The molecule has 0 aromatic carbocycles. The lowest BCUT2D eigenvalue weighted by Crippen LogP contribution is -2.27. The quantitative estimate of drug-likeness (QED) is 0.672. The average Bonchev–Trinajstić information content (AvgIpc) is 2.57. The molecule has 1 rings (SSSR count). The molecular weight excluding hydrogens is 170 g/mol. The Labute approximate surface area is 77.5 Å². The fourth-order valence-electron chi connectivity index (χ4n) is 0.985. The van der Waals surface area contributed by atoms with E-state index >= 15 is 0 Å². The first kappa shape index (κ1) is 10.2. The van der Waals surface area contributed by atoms with Crippen LogP contribution in [0.25, 0.3) is 0 Å². The molecule has 1 atom stereocenters. The van der Waals surface area contributed by atoms with E-state index in [1.807, 2.05) is 12.1 Å². The van der Waals surface area contributed by atoms with Crippen LogP contribution in [0.2, 0.25) is 0 Å². The number of rotatable bonds is 6. The fraction of sp³-hybridized carbons (Fsp3) is 0.556. The largest absolute Gasteiger partial charge is 0.467 e. The van der Waals surface area contributed by atoms with Crippen molar-refractivity contribution in [3.63, 3.8) is 0 Å². The van der Waals surface area contributed by atoms with Gasteiger partial charge in [0.05, 0.1) is 19.0 Å². The standard InChI is InChI=1S/C9H15NO3/c1-10-5-8(11)6-12-7-9-3-2-4-13-9/h2-4,8,10-11H,5-7H2,1H3/t8-/m1/s1. The van der Waals surface area contributed by atoms with E-state index in [4.69, 9.17) is 9.15 Å². The summed E-state index contributed by atoms with van der Waals surface area (Å²) >= 11 is 0. The molecule has 0 aliphatic rings. The van der Waals surface area contributed by atoms with E-state index < -0.39 is 6.10 Å². The van der Waals surface area contributed by atoms with E-state index in [-0.39, 0.29) is 0 Å². The van der Waals surface area contributed by atoms with Gasteiger partial charge in [-0.2, -0.15) is 0 Å². The van der Waals surface area contributed by atoms with E-state index in [2.05, 4.69) is 5.32 Å². The summed E-state index contributed by atoms with van der Waals surface area (Å²) in [5.74, 6) is 0.775. The molecule has 0 aliphatic heterocycles. The lowest BCUT2D eigenvalue weighted by atomic mass is 10.4. The molecule has 0 radical (unpaired) electrons. The number of hydrogen-bond donors (Lipinski definition) is 2. The van der Waals surface area contributed by atoms with Gasteiger partial charge in [0.2, 0.25) is 0 Å². The van der Waals surface area contributed by atoms with Crippen molar-refractivity contribution in [2.75, 3.05) is 20.2 Å². The zero-order chi connectivity index (χ0) is 9.52.